The topological polar surface area (TPSA) is 48.1 Å². The van der Waals surface area contributed by atoms with Crippen LogP contribution in [0.15, 0.2) is 64.0 Å². The van der Waals surface area contributed by atoms with Gasteiger partial charge in [0, 0.05) is 22.6 Å². The summed E-state index contributed by atoms with van der Waals surface area (Å²) >= 11 is 7.63. The average Bonchev–Trinajstić information content (AvgIpc) is 3.41. The second-order valence-corrected chi connectivity index (χ2v) is 7.99. The van der Waals surface area contributed by atoms with E-state index in [1.165, 1.54) is 0 Å². The number of benzene rings is 2. The lowest BCUT2D eigenvalue weighted by Gasteiger charge is -2.06. The Morgan fingerprint density at radius 3 is 2.69 bits per heavy atom. The molecule has 1 aliphatic rings. The van der Waals surface area contributed by atoms with E-state index in [9.17, 15) is 0 Å². The molecule has 0 amide bonds. The molecule has 0 aliphatic carbocycles. The van der Waals surface area contributed by atoms with Gasteiger partial charge in [0.1, 0.15) is 5.75 Å². The fraction of sp³-hybridized carbons (Fsp3) is 0.273. The standard InChI is InChI=1S/C22H22ClN3O2S/c1-27-19-10-4-16(5-11-19)13-25-26-21(17-6-8-18(23)9-7-17)15-29-22(26)24-14-20-3-2-12-28-20/h4-11,13,15,20H,2-3,12,14H2,1H3. The van der Waals surface area contributed by atoms with Gasteiger partial charge in [-0.3, -0.25) is 4.99 Å². The van der Waals surface area contributed by atoms with E-state index in [1.807, 2.05) is 59.4 Å². The SMILES string of the molecule is COc1ccc(C=Nn2c(-c3ccc(Cl)cc3)csc2=NCC2CCCO2)cc1. The predicted molar refractivity (Wildman–Crippen MR) is 118 cm³/mol. The molecule has 1 aromatic heterocycles. The van der Waals surface area contributed by atoms with E-state index < -0.39 is 0 Å². The summed E-state index contributed by atoms with van der Waals surface area (Å²) in [6.45, 7) is 1.48. The second kappa shape index (κ2) is 9.39. The Balaban J connectivity index is 1.68. The van der Waals surface area contributed by atoms with Gasteiger partial charge in [-0.2, -0.15) is 5.10 Å². The van der Waals surface area contributed by atoms with Crippen molar-refractivity contribution >= 4 is 29.2 Å². The molecule has 1 atom stereocenters. The number of rotatable bonds is 6. The highest BCUT2D eigenvalue weighted by Crippen LogP contribution is 2.22. The molecule has 5 nitrogen and oxygen atoms in total. The number of hydrogen-bond acceptors (Lipinski definition) is 5. The molecule has 1 saturated heterocycles. The molecule has 150 valence electrons. The average molecular weight is 428 g/mol. The van der Waals surface area contributed by atoms with Crippen LogP contribution in [-0.4, -0.2) is 37.3 Å². The van der Waals surface area contributed by atoms with Crippen LogP contribution in [0.4, 0.5) is 0 Å². The molecular formula is C22H22ClN3O2S. The summed E-state index contributed by atoms with van der Waals surface area (Å²) in [6, 6.07) is 15.5. The monoisotopic (exact) mass is 427 g/mol. The molecule has 7 heteroatoms. The Labute approximate surface area is 178 Å². The summed E-state index contributed by atoms with van der Waals surface area (Å²) in [6.07, 6.45) is 4.20. The summed E-state index contributed by atoms with van der Waals surface area (Å²) in [5, 5.41) is 7.51. The smallest absolute Gasteiger partial charge is 0.206 e. The Morgan fingerprint density at radius 1 is 1.21 bits per heavy atom. The highest BCUT2D eigenvalue weighted by atomic mass is 35.5. The largest absolute Gasteiger partial charge is 0.497 e. The lowest BCUT2D eigenvalue weighted by Crippen LogP contribution is -2.17. The molecule has 0 N–H and O–H groups in total. The fourth-order valence-corrected chi connectivity index (χ4v) is 4.09. The maximum absolute atomic E-state index is 6.06. The van der Waals surface area contributed by atoms with Crippen LogP contribution in [0.3, 0.4) is 0 Å². The molecule has 1 aliphatic heterocycles. The Morgan fingerprint density at radius 2 is 2.00 bits per heavy atom. The number of ether oxygens (including phenoxy) is 2. The van der Waals surface area contributed by atoms with Crippen LogP contribution in [0.1, 0.15) is 18.4 Å². The van der Waals surface area contributed by atoms with Gasteiger partial charge in [0.15, 0.2) is 0 Å². The molecule has 0 saturated carbocycles. The van der Waals surface area contributed by atoms with Crippen LogP contribution in [0.5, 0.6) is 5.75 Å². The molecule has 0 bridgehead atoms. The summed E-state index contributed by atoms with van der Waals surface area (Å²) in [7, 11) is 1.66. The third-order valence-corrected chi connectivity index (χ3v) is 5.82. The molecule has 0 radical (unpaired) electrons. The van der Waals surface area contributed by atoms with Crippen molar-refractivity contribution < 1.29 is 9.47 Å². The molecule has 0 spiro atoms. The molecule has 1 unspecified atom stereocenters. The van der Waals surface area contributed by atoms with Crippen LogP contribution in [0, 0.1) is 0 Å². The number of aromatic nitrogens is 1. The molecule has 2 heterocycles. The zero-order valence-electron chi connectivity index (χ0n) is 16.1. The molecule has 1 fully saturated rings. The van der Waals surface area contributed by atoms with Crippen LogP contribution < -0.4 is 9.54 Å². The van der Waals surface area contributed by atoms with Crippen molar-refractivity contribution in [3.8, 4) is 17.0 Å². The van der Waals surface area contributed by atoms with Crippen molar-refractivity contribution in [3.05, 3.63) is 69.3 Å². The van der Waals surface area contributed by atoms with E-state index in [-0.39, 0.29) is 6.10 Å². The van der Waals surface area contributed by atoms with Gasteiger partial charge in [-0.25, -0.2) is 4.68 Å². The summed E-state index contributed by atoms with van der Waals surface area (Å²) < 4.78 is 12.8. The molecule has 3 aromatic rings. The number of methoxy groups -OCH3 is 1. The van der Waals surface area contributed by atoms with Gasteiger partial charge >= 0.3 is 0 Å². The van der Waals surface area contributed by atoms with Gasteiger partial charge in [0.05, 0.1) is 31.7 Å². The van der Waals surface area contributed by atoms with Crippen LogP contribution in [-0.2, 0) is 4.74 Å². The highest BCUT2D eigenvalue weighted by Gasteiger charge is 2.15. The first-order chi connectivity index (χ1) is 14.2. The van der Waals surface area contributed by atoms with E-state index in [0.29, 0.717) is 11.6 Å². The number of hydrogen-bond donors (Lipinski definition) is 0. The van der Waals surface area contributed by atoms with Gasteiger partial charge in [-0.05, 0) is 54.8 Å². The predicted octanol–water partition coefficient (Wildman–Crippen LogP) is 4.84. The maximum atomic E-state index is 6.06. The van der Waals surface area contributed by atoms with Gasteiger partial charge in [0.25, 0.3) is 0 Å². The van der Waals surface area contributed by atoms with E-state index in [0.717, 1.165) is 46.8 Å². The Bertz CT molecular complexity index is 1030. The Hall–Kier alpha value is -2.41. The Kier molecular flexibility index (Phi) is 6.44. The summed E-state index contributed by atoms with van der Waals surface area (Å²) in [5.74, 6) is 0.819. The van der Waals surface area contributed by atoms with Gasteiger partial charge < -0.3 is 9.47 Å². The first-order valence-corrected chi connectivity index (χ1v) is 10.8. The van der Waals surface area contributed by atoms with E-state index in [1.54, 1.807) is 18.4 Å². The zero-order chi connectivity index (χ0) is 20.1. The molecule has 29 heavy (non-hydrogen) atoms. The molecule has 2 aromatic carbocycles. The van der Waals surface area contributed by atoms with Crippen molar-refractivity contribution in [2.45, 2.75) is 18.9 Å². The van der Waals surface area contributed by atoms with E-state index in [4.69, 9.17) is 31.2 Å². The fourth-order valence-electron chi connectivity index (χ4n) is 3.12. The van der Waals surface area contributed by atoms with Crippen molar-refractivity contribution in [1.29, 1.82) is 0 Å². The number of thiazole rings is 1. The number of nitrogens with zero attached hydrogens (tertiary/aromatic N) is 3. The van der Waals surface area contributed by atoms with Crippen molar-refractivity contribution in [1.82, 2.24) is 4.68 Å². The third-order valence-electron chi connectivity index (χ3n) is 4.72. The van der Waals surface area contributed by atoms with Crippen LogP contribution in [0.2, 0.25) is 5.02 Å². The minimum atomic E-state index is 0.204. The van der Waals surface area contributed by atoms with E-state index >= 15 is 0 Å². The van der Waals surface area contributed by atoms with Crippen molar-refractivity contribution in [3.63, 3.8) is 0 Å². The lowest BCUT2D eigenvalue weighted by atomic mass is 10.2. The highest BCUT2D eigenvalue weighted by molar-refractivity contribution is 7.07. The van der Waals surface area contributed by atoms with Crippen molar-refractivity contribution in [2.75, 3.05) is 20.3 Å². The summed E-state index contributed by atoms with van der Waals surface area (Å²) in [4.78, 5) is 5.63. The maximum Gasteiger partial charge on any atom is 0.206 e. The summed E-state index contributed by atoms with van der Waals surface area (Å²) in [5.41, 5.74) is 3.00. The third kappa shape index (κ3) is 4.96. The van der Waals surface area contributed by atoms with Crippen LogP contribution in [0.25, 0.3) is 11.3 Å². The van der Waals surface area contributed by atoms with Gasteiger partial charge in [0.2, 0.25) is 4.80 Å². The molecular weight excluding hydrogens is 406 g/mol. The first-order valence-electron chi connectivity index (χ1n) is 9.50. The zero-order valence-corrected chi connectivity index (χ0v) is 17.7. The lowest BCUT2D eigenvalue weighted by molar-refractivity contribution is 0.117. The second-order valence-electron chi connectivity index (χ2n) is 6.72. The minimum Gasteiger partial charge on any atom is -0.497 e. The van der Waals surface area contributed by atoms with Crippen LogP contribution >= 0.6 is 22.9 Å². The quantitative estimate of drug-likeness (QED) is 0.528. The number of halogens is 1. The minimum absolute atomic E-state index is 0.204. The van der Waals surface area contributed by atoms with Crippen molar-refractivity contribution in [2.24, 2.45) is 10.1 Å². The normalized spacial score (nSPS) is 17.3. The van der Waals surface area contributed by atoms with E-state index in [2.05, 4.69) is 5.38 Å². The van der Waals surface area contributed by atoms with Gasteiger partial charge in [-0.15, -0.1) is 11.3 Å². The van der Waals surface area contributed by atoms with Gasteiger partial charge in [-0.1, -0.05) is 23.7 Å². The molecule has 4 rings (SSSR count). The first kappa shape index (κ1) is 19.9.